The minimum Gasteiger partial charge on any atom is -0.507 e. The number of hydrogen-bond acceptors (Lipinski definition) is 9. The van der Waals surface area contributed by atoms with Crippen LogP contribution in [0.1, 0.15) is 27.9 Å². The summed E-state index contributed by atoms with van der Waals surface area (Å²) in [5.41, 5.74) is 12.2. The Kier molecular flexibility index (Phi) is 5.97. The fourth-order valence-corrected chi connectivity index (χ4v) is 6.90. The molecule has 2 saturated carbocycles. The van der Waals surface area contributed by atoms with Crippen molar-refractivity contribution in [3.8, 4) is 16.9 Å². The predicted molar refractivity (Wildman–Crippen MR) is 137 cm³/mol. The lowest BCUT2D eigenvalue weighted by Gasteiger charge is -2.54. The van der Waals surface area contributed by atoms with Gasteiger partial charge >= 0.3 is 0 Å². The first-order valence-electron chi connectivity index (χ1n) is 12.5. The van der Waals surface area contributed by atoms with E-state index in [9.17, 15) is 34.5 Å². The number of carbonyl (C=O) groups excluding carboxylic acids is 4. The Bertz CT molecular complexity index is 1400. The summed E-state index contributed by atoms with van der Waals surface area (Å²) in [6.45, 7) is 1.87. The van der Waals surface area contributed by atoms with Crippen LogP contribution in [-0.2, 0) is 20.8 Å². The molecule has 0 spiro atoms. The largest absolute Gasteiger partial charge is 0.507 e. The summed E-state index contributed by atoms with van der Waals surface area (Å²) < 4.78 is 0. The molecule has 0 bridgehead atoms. The van der Waals surface area contributed by atoms with Crippen LogP contribution in [0.15, 0.2) is 30.3 Å². The molecule has 0 aliphatic heterocycles. The molecular formula is C28H31N3O7. The molecule has 0 aromatic heterocycles. The molecule has 10 nitrogen and oxygen atoms in total. The maximum absolute atomic E-state index is 13.9. The number of aliphatic hydroxyl groups excluding tert-OH is 1. The Morgan fingerprint density at radius 2 is 1.79 bits per heavy atom. The minimum absolute atomic E-state index is 0.0304. The van der Waals surface area contributed by atoms with E-state index in [2.05, 4.69) is 0 Å². The van der Waals surface area contributed by atoms with Crippen molar-refractivity contribution in [2.45, 2.75) is 37.5 Å². The highest BCUT2D eigenvalue weighted by Gasteiger charge is 2.69. The van der Waals surface area contributed by atoms with Gasteiger partial charge in [-0.25, -0.2) is 0 Å². The molecule has 0 radical (unpaired) electrons. The zero-order chi connectivity index (χ0) is 27.8. The number of anilines is 1. The summed E-state index contributed by atoms with van der Waals surface area (Å²) in [6, 6.07) is 7.62. The van der Waals surface area contributed by atoms with Gasteiger partial charge in [0.05, 0.1) is 17.6 Å². The molecule has 0 heterocycles. The van der Waals surface area contributed by atoms with Crippen molar-refractivity contribution in [1.29, 1.82) is 0 Å². The van der Waals surface area contributed by atoms with Gasteiger partial charge in [-0.1, -0.05) is 18.2 Å². The molecule has 10 heteroatoms. The number of likely N-dealkylation sites (N-methyl/N-ethyl adjacent to an activating group) is 1. The first-order valence-corrected chi connectivity index (χ1v) is 12.5. The number of nitrogens with two attached hydrogens (primary N) is 2. The number of aliphatic hydroxyl groups is 2. The summed E-state index contributed by atoms with van der Waals surface area (Å²) in [6.07, 6.45) is -1.27. The van der Waals surface area contributed by atoms with E-state index < -0.39 is 64.7 Å². The second-order valence-corrected chi connectivity index (χ2v) is 11.0. The summed E-state index contributed by atoms with van der Waals surface area (Å²) in [7, 11) is 3.22. The zero-order valence-corrected chi connectivity index (χ0v) is 21.3. The first kappa shape index (κ1) is 26.0. The fourth-order valence-electron chi connectivity index (χ4n) is 6.90. The van der Waals surface area contributed by atoms with Crippen LogP contribution >= 0.6 is 0 Å². The fraction of sp³-hybridized carbons (Fsp3) is 0.429. The van der Waals surface area contributed by atoms with Crippen LogP contribution in [0.5, 0.6) is 5.75 Å². The third-order valence-corrected chi connectivity index (χ3v) is 8.76. The van der Waals surface area contributed by atoms with Gasteiger partial charge in [0.2, 0.25) is 5.91 Å². The SMILES string of the molecule is Cc1ccc(-c2ccc(O)c3c2C[C@@H]2C[C@@H]4[C@@H](N(C)C)C(O)C(C(N)=O)C(=O)[C@]4(O)C(=O)C2C3=O)cc1N. The van der Waals surface area contributed by atoms with Crippen molar-refractivity contribution in [2.24, 2.45) is 29.4 Å². The Morgan fingerprint density at radius 1 is 1.11 bits per heavy atom. The molecule has 3 unspecified atom stereocenters. The zero-order valence-electron chi connectivity index (χ0n) is 21.3. The van der Waals surface area contributed by atoms with Crippen molar-refractivity contribution >= 4 is 28.9 Å². The number of nitrogens with zero attached hydrogens (tertiary/aromatic N) is 1. The van der Waals surface area contributed by atoms with E-state index in [1.165, 1.54) is 6.07 Å². The van der Waals surface area contributed by atoms with Gasteiger partial charge in [0.1, 0.15) is 11.7 Å². The molecule has 2 fully saturated rings. The Labute approximate surface area is 219 Å². The molecule has 3 aliphatic rings. The number of aromatic hydroxyl groups is 1. The van der Waals surface area contributed by atoms with Gasteiger partial charge < -0.3 is 31.7 Å². The van der Waals surface area contributed by atoms with Crippen LogP contribution < -0.4 is 11.5 Å². The highest BCUT2D eigenvalue weighted by atomic mass is 16.3. The predicted octanol–water partition coefficient (Wildman–Crippen LogP) is 0.216. The number of amides is 1. The van der Waals surface area contributed by atoms with E-state index in [1.54, 1.807) is 31.1 Å². The van der Waals surface area contributed by atoms with Crippen molar-refractivity contribution in [1.82, 2.24) is 4.90 Å². The lowest BCUT2D eigenvalue weighted by Crippen LogP contribution is -2.75. The molecular weight excluding hydrogens is 490 g/mol. The molecule has 5 rings (SSSR count). The van der Waals surface area contributed by atoms with E-state index in [4.69, 9.17) is 11.5 Å². The number of ketones is 3. The number of carbonyl (C=O) groups is 4. The maximum atomic E-state index is 13.9. The number of rotatable bonds is 3. The summed E-state index contributed by atoms with van der Waals surface area (Å²) in [5, 5.41) is 33.3. The molecule has 3 aliphatic carbocycles. The Hall–Kier alpha value is -3.60. The molecule has 0 saturated heterocycles. The van der Waals surface area contributed by atoms with Crippen LogP contribution in [0.2, 0.25) is 0 Å². The lowest BCUT2D eigenvalue weighted by molar-refractivity contribution is -0.190. The van der Waals surface area contributed by atoms with Crippen molar-refractivity contribution in [2.75, 3.05) is 19.8 Å². The Balaban J connectivity index is 1.66. The molecule has 2 aromatic rings. The normalized spacial score (nSPS) is 32.5. The molecule has 2 aromatic carbocycles. The van der Waals surface area contributed by atoms with Crippen LogP contribution in [0, 0.1) is 30.6 Å². The number of phenolic OH excluding ortho intramolecular Hbond substituents is 1. The number of aryl methyl sites for hydroxylation is 1. The molecule has 1 amide bonds. The minimum atomic E-state index is -2.68. The molecule has 7 atom stereocenters. The standard InChI is InChI=1S/C28H31N3O7/c1-11-4-5-12(10-17(11)29)14-6-7-18(32)20-15(14)8-13-9-16-22(31(2)3)24(34)21(27(30)37)26(36)28(16,38)25(35)19(13)23(20)33/h4-7,10,13,16,19,21-22,24,32,34,38H,8-9,29H2,1-3H3,(H2,30,37)/t13-,16-,19?,21?,22-,24?,28-/m1/s1. The smallest absolute Gasteiger partial charge is 0.230 e. The number of phenols is 1. The molecule has 38 heavy (non-hydrogen) atoms. The molecule has 7 N–H and O–H groups in total. The summed E-state index contributed by atoms with van der Waals surface area (Å²) in [5.74, 6) is -9.24. The second-order valence-electron chi connectivity index (χ2n) is 11.0. The third-order valence-electron chi connectivity index (χ3n) is 8.76. The Morgan fingerprint density at radius 3 is 2.39 bits per heavy atom. The number of Topliss-reactive ketones (excluding diaryl/α,β-unsaturated/α-hetero) is 3. The number of hydrogen-bond donors (Lipinski definition) is 5. The topological polar surface area (TPSA) is 184 Å². The molecule has 200 valence electrons. The van der Waals surface area contributed by atoms with Gasteiger partial charge in [0, 0.05) is 17.6 Å². The average molecular weight is 522 g/mol. The van der Waals surface area contributed by atoms with Crippen LogP contribution in [0.4, 0.5) is 5.69 Å². The maximum Gasteiger partial charge on any atom is 0.230 e. The van der Waals surface area contributed by atoms with E-state index in [-0.39, 0.29) is 24.2 Å². The van der Waals surface area contributed by atoms with Crippen LogP contribution in [0.3, 0.4) is 0 Å². The first-order chi connectivity index (χ1) is 17.8. The van der Waals surface area contributed by atoms with Gasteiger partial charge in [-0.3, -0.25) is 19.2 Å². The lowest BCUT2D eigenvalue weighted by atomic mass is 9.52. The number of primary amides is 1. The summed E-state index contributed by atoms with van der Waals surface area (Å²) >= 11 is 0. The van der Waals surface area contributed by atoms with Crippen molar-refractivity contribution < 1.29 is 34.5 Å². The third kappa shape index (κ3) is 3.44. The average Bonchev–Trinajstić information content (AvgIpc) is 2.83. The van der Waals surface area contributed by atoms with Gasteiger partial charge in [0.25, 0.3) is 0 Å². The van der Waals surface area contributed by atoms with Gasteiger partial charge in [-0.2, -0.15) is 0 Å². The van der Waals surface area contributed by atoms with Gasteiger partial charge in [-0.05, 0) is 74.2 Å². The second kappa shape index (κ2) is 8.72. The monoisotopic (exact) mass is 521 g/mol. The number of nitrogen functional groups attached to an aromatic ring is 1. The van der Waals surface area contributed by atoms with Gasteiger partial charge in [0.15, 0.2) is 23.0 Å². The number of fused-ring (bicyclic) bond motifs is 3. The van der Waals surface area contributed by atoms with Crippen LogP contribution in [-0.4, -0.2) is 75.3 Å². The van der Waals surface area contributed by atoms with E-state index in [0.717, 1.165) is 11.1 Å². The van der Waals surface area contributed by atoms with Crippen LogP contribution in [0.25, 0.3) is 11.1 Å². The van der Waals surface area contributed by atoms with E-state index in [0.29, 0.717) is 16.8 Å². The van der Waals surface area contributed by atoms with Gasteiger partial charge in [-0.15, -0.1) is 0 Å². The van der Waals surface area contributed by atoms with E-state index in [1.807, 2.05) is 19.1 Å². The highest BCUT2D eigenvalue weighted by molar-refractivity contribution is 6.25. The van der Waals surface area contributed by atoms with Crippen molar-refractivity contribution in [3.05, 3.63) is 47.0 Å². The highest BCUT2D eigenvalue weighted by Crippen LogP contribution is 2.52. The van der Waals surface area contributed by atoms with E-state index >= 15 is 0 Å². The number of benzene rings is 2. The summed E-state index contributed by atoms with van der Waals surface area (Å²) in [4.78, 5) is 54.8. The quantitative estimate of drug-likeness (QED) is 0.278. The van der Waals surface area contributed by atoms with Crippen molar-refractivity contribution in [3.63, 3.8) is 0 Å².